The van der Waals surface area contributed by atoms with Gasteiger partial charge in [-0.25, -0.2) is 0 Å². The molecule has 0 atom stereocenters. The standard InChI is InChI=1S/C15H16Cl2N2O2/c1-10-3-4-14(21-10)8-19(2)9-15(20)18-13-6-11(16)5-12(17)7-13/h3-7H,8-9H2,1-2H3,(H,18,20). The molecular weight excluding hydrogens is 311 g/mol. The van der Waals surface area contributed by atoms with Gasteiger partial charge in [-0.3, -0.25) is 9.69 Å². The molecule has 0 saturated carbocycles. The molecule has 1 aromatic carbocycles. The first kappa shape index (κ1) is 15.9. The molecule has 0 bridgehead atoms. The highest BCUT2D eigenvalue weighted by Gasteiger charge is 2.10. The van der Waals surface area contributed by atoms with E-state index in [-0.39, 0.29) is 12.5 Å². The van der Waals surface area contributed by atoms with Crippen molar-refractivity contribution in [1.29, 1.82) is 0 Å². The lowest BCUT2D eigenvalue weighted by atomic mass is 10.3. The quantitative estimate of drug-likeness (QED) is 0.904. The molecule has 112 valence electrons. The van der Waals surface area contributed by atoms with Crippen molar-refractivity contribution < 1.29 is 9.21 Å². The zero-order valence-electron chi connectivity index (χ0n) is 11.8. The van der Waals surface area contributed by atoms with Crippen LogP contribution in [0.3, 0.4) is 0 Å². The topological polar surface area (TPSA) is 45.5 Å². The maximum atomic E-state index is 12.0. The van der Waals surface area contributed by atoms with Crippen LogP contribution in [0.25, 0.3) is 0 Å². The predicted molar refractivity (Wildman–Crippen MR) is 84.9 cm³/mol. The number of halogens is 2. The van der Waals surface area contributed by atoms with Crippen LogP contribution in [0.1, 0.15) is 11.5 Å². The van der Waals surface area contributed by atoms with Crippen LogP contribution in [0.4, 0.5) is 5.69 Å². The lowest BCUT2D eigenvalue weighted by molar-refractivity contribution is -0.117. The molecule has 4 nitrogen and oxygen atoms in total. The summed E-state index contributed by atoms with van der Waals surface area (Å²) in [4.78, 5) is 13.8. The molecule has 1 amide bonds. The van der Waals surface area contributed by atoms with Gasteiger partial charge in [0.25, 0.3) is 0 Å². The summed E-state index contributed by atoms with van der Waals surface area (Å²) in [5.41, 5.74) is 0.583. The minimum Gasteiger partial charge on any atom is -0.465 e. The second kappa shape index (κ2) is 6.98. The Bertz CT molecular complexity index is 620. The SMILES string of the molecule is Cc1ccc(CN(C)CC(=O)Nc2cc(Cl)cc(Cl)c2)o1. The van der Waals surface area contributed by atoms with Crippen molar-refractivity contribution >= 4 is 34.8 Å². The summed E-state index contributed by atoms with van der Waals surface area (Å²) in [7, 11) is 1.85. The van der Waals surface area contributed by atoms with Gasteiger partial charge in [0.05, 0.1) is 13.1 Å². The fourth-order valence-electron chi connectivity index (χ4n) is 1.96. The number of rotatable bonds is 5. The number of furan rings is 1. The monoisotopic (exact) mass is 326 g/mol. The molecular formula is C15H16Cl2N2O2. The summed E-state index contributed by atoms with van der Waals surface area (Å²) in [6, 6.07) is 8.73. The molecule has 6 heteroatoms. The Morgan fingerprint density at radius 3 is 2.48 bits per heavy atom. The van der Waals surface area contributed by atoms with Crippen molar-refractivity contribution in [2.45, 2.75) is 13.5 Å². The number of hydrogen-bond acceptors (Lipinski definition) is 3. The average molecular weight is 327 g/mol. The molecule has 0 spiro atoms. The van der Waals surface area contributed by atoms with Crippen LogP contribution >= 0.6 is 23.2 Å². The molecule has 0 radical (unpaired) electrons. The number of carbonyl (C=O) groups excluding carboxylic acids is 1. The Hall–Kier alpha value is -1.49. The zero-order valence-corrected chi connectivity index (χ0v) is 13.3. The van der Waals surface area contributed by atoms with Crippen LogP contribution in [-0.4, -0.2) is 24.4 Å². The number of aryl methyl sites for hydroxylation is 1. The van der Waals surface area contributed by atoms with Gasteiger partial charge in [0.2, 0.25) is 5.91 Å². The van der Waals surface area contributed by atoms with Gasteiger partial charge in [0.1, 0.15) is 11.5 Å². The van der Waals surface area contributed by atoms with E-state index in [1.54, 1.807) is 18.2 Å². The third-order valence-corrected chi connectivity index (χ3v) is 3.22. The molecule has 0 saturated heterocycles. The maximum absolute atomic E-state index is 12.0. The highest BCUT2D eigenvalue weighted by Crippen LogP contribution is 2.22. The Kier molecular flexibility index (Phi) is 5.28. The van der Waals surface area contributed by atoms with E-state index >= 15 is 0 Å². The molecule has 0 aliphatic rings. The number of nitrogens with zero attached hydrogens (tertiary/aromatic N) is 1. The Morgan fingerprint density at radius 2 is 1.90 bits per heavy atom. The third kappa shape index (κ3) is 5.08. The van der Waals surface area contributed by atoms with Crippen molar-refractivity contribution in [1.82, 2.24) is 4.90 Å². The van der Waals surface area contributed by atoms with E-state index in [1.165, 1.54) is 0 Å². The van der Waals surface area contributed by atoms with Gasteiger partial charge < -0.3 is 9.73 Å². The van der Waals surface area contributed by atoms with E-state index in [0.29, 0.717) is 22.3 Å². The predicted octanol–water partition coefficient (Wildman–Crippen LogP) is 3.97. The minimum atomic E-state index is -0.140. The molecule has 0 aliphatic carbocycles. The molecule has 0 aliphatic heterocycles. The second-order valence-electron chi connectivity index (χ2n) is 4.89. The first-order valence-electron chi connectivity index (χ1n) is 6.42. The van der Waals surface area contributed by atoms with E-state index in [9.17, 15) is 4.79 Å². The van der Waals surface area contributed by atoms with Gasteiger partial charge in [0.15, 0.2) is 0 Å². The lowest BCUT2D eigenvalue weighted by Gasteiger charge is -2.15. The molecule has 2 rings (SSSR count). The fourth-order valence-corrected chi connectivity index (χ4v) is 2.49. The number of likely N-dealkylation sites (N-methyl/N-ethyl adjacent to an activating group) is 1. The summed E-state index contributed by atoms with van der Waals surface area (Å²) >= 11 is 11.8. The summed E-state index contributed by atoms with van der Waals surface area (Å²) in [6.07, 6.45) is 0. The summed E-state index contributed by atoms with van der Waals surface area (Å²) in [5.74, 6) is 1.55. The third-order valence-electron chi connectivity index (χ3n) is 2.78. The van der Waals surface area contributed by atoms with E-state index in [1.807, 2.05) is 31.0 Å². The summed E-state index contributed by atoms with van der Waals surface area (Å²) < 4.78 is 5.48. The van der Waals surface area contributed by atoms with Crippen LogP contribution in [0.5, 0.6) is 0 Å². The van der Waals surface area contributed by atoms with Crippen LogP contribution in [0, 0.1) is 6.92 Å². The average Bonchev–Trinajstić information content (AvgIpc) is 2.72. The van der Waals surface area contributed by atoms with Crippen LogP contribution in [-0.2, 0) is 11.3 Å². The van der Waals surface area contributed by atoms with Crippen molar-refractivity contribution in [3.05, 3.63) is 51.9 Å². The zero-order chi connectivity index (χ0) is 15.4. The normalized spacial score (nSPS) is 10.9. The molecule has 1 aromatic heterocycles. The van der Waals surface area contributed by atoms with Crippen LogP contribution in [0.15, 0.2) is 34.7 Å². The largest absolute Gasteiger partial charge is 0.465 e. The van der Waals surface area contributed by atoms with E-state index in [4.69, 9.17) is 27.6 Å². The van der Waals surface area contributed by atoms with Crippen molar-refractivity contribution in [2.75, 3.05) is 18.9 Å². The highest BCUT2D eigenvalue weighted by molar-refractivity contribution is 6.35. The maximum Gasteiger partial charge on any atom is 0.238 e. The second-order valence-corrected chi connectivity index (χ2v) is 5.76. The summed E-state index contributed by atoms with van der Waals surface area (Å²) in [6.45, 7) is 2.69. The first-order valence-corrected chi connectivity index (χ1v) is 7.18. The molecule has 2 aromatic rings. The van der Waals surface area contributed by atoms with Crippen molar-refractivity contribution in [3.63, 3.8) is 0 Å². The number of amides is 1. The van der Waals surface area contributed by atoms with Crippen molar-refractivity contribution in [2.24, 2.45) is 0 Å². The number of carbonyl (C=O) groups is 1. The molecule has 21 heavy (non-hydrogen) atoms. The van der Waals surface area contributed by atoms with Gasteiger partial charge in [0, 0.05) is 15.7 Å². The van der Waals surface area contributed by atoms with Gasteiger partial charge in [-0.15, -0.1) is 0 Å². The number of benzene rings is 1. The molecule has 1 N–H and O–H groups in total. The molecule has 0 unspecified atom stereocenters. The van der Waals surface area contributed by atoms with E-state index in [2.05, 4.69) is 5.32 Å². The first-order chi connectivity index (χ1) is 9.92. The summed E-state index contributed by atoms with van der Waals surface area (Å²) in [5, 5.41) is 3.73. The molecule has 1 heterocycles. The number of nitrogens with one attached hydrogen (secondary N) is 1. The Labute approximate surface area is 133 Å². The number of hydrogen-bond donors (Lipinski definition) is 1. The van der Waals surface area contributed by atoms with Crippen molar-refractivity contribution in [3.8, 4) is 0 Å². The van der Waals surface area contributed by atoms with E-state index < -0.39 is 0 Å². The Balaban J connectivity index is 1.88. The van der Waals surface area contributed by atoms with Gasteiger partial charge in [-0.05, 0) is 44.3 Å². The smallest absolute Gasteiger partial charge is 0.238 e. The van der Waals surface area contributed by atoms with Gasteiger partial charge >= 0.3 is 0 Å². The lowest BCUT2D eigenvalue weighted by Crippen LogP contribution is -2.29. The van der Waals surface area contributed by atoms with Gasteiger partial charge in [-0.2, -0.15) is 0 Å². The fraction of sp³-hybridized carbons (Fsp3) is 0.267. The van der Waals surface area contributed by atoms with E-state index in [0.717, 1.165) is 11.5 Å². The highest BCUT2D eigenvalue weighted by atomic mass is 35.5. The van der Waals surface area contributed by atoms with Crippen LogP contribution < -0.4 is 5.32 Å². The minimum absolute atomic E-state index is 0.140. The Morgan fingerprint density at radius 1 is 1.24 bits per heavy atom. The van der Waals surface area contributed by atoms with Crippen LogP contribution in [0.2, 0.25) is 10.0 Å². The number of anilines is 1. The molecule has 0 fully saturated rings. The van der Waals surface area contributed by atoms with Gasteiger partial charge in [-0.1, -0.05) is 23.2 Å².